The number of aromatic nitrogens is 2. The molecular weight excluding hydrogens is 170 g/mol. The van der Waals surface area contributed by atoms with E-state index in [9.17, 15) is 0 Å². The molecule has 1 heterocycles. The Labute approximate surface area is 77.0 Å². The zero-order chi connectivity index (χ0) is 9.68. The normalized spacial score (nSPS) is 13.2. The van der Waals surface area contributed by atoms with Gasteiger partial charge in [-0.3, -0.25) is 4.68 Å². The van der Waals surface area contributed by atoms with Gasteiger partial charge in [-0.25, -0.2) is 0 Å². The average molecular weight is 185 g/mol. The van der Waals surface area contributed by atoms with Gasteiger partial charge in [0.15, 0.2) is 0 Å². The van der Waals surface area contributed by atoms with E-state index < -0.39 is 6.10 Å². The fourth-order valence-corrected chi connectivity index (χ4v) is 0.989. The van der Waals surface area contributed by atoms with Crippen LogP contribution in [0.2, 0.25) is 0 Å². The van der Waals surface area contributed by atoms with Gasteiger partial charge in [0.1, 0.15) is 0 Å². The lowest BCUT2D eigenvalue weighted by atomic mass is 10.3. The van der Waals surface area contributed by atoms with Gasteiger partial charge < -0.3 is 15.5 Å². The van der Waals surface area contributed by atoms with E-state index in [0.29, 0.717) is 13.1 Å². The van der Waals surface area contributed by atoms with Crippen LogP contribution in [0.5, 0.6) is 0 Å². The fraction of sp³-hybridized carbons (Fsp3) is 0.625. The van der Waals surface area contributed by atoms with Crippen LogP contribution in [0.1, 0.15) is 5.69 Å². The summed E-state index contributed by atoms with van der Waals surface area (Å²) in [6.45, 7) is 0.778. The molecule has 13 heavy (non-hydrogen) atoms. The van der Waals surface area contributed by atoms with Gasteiger partial charge in [0.05, 0.1) is 18.4 Å². The molecule has 1 atom stereocenters. The van der Waals surface area contributed by atoms with Crippen molar-refractivity contribution >= 4 is 0 Å². The molecule has 0 aliphatic carbocycles. The largest absolute Gasteiger partial charge is 0.394 e. The molecular formula is C8H15N3O2. The first kappa shape index (κ1) is 10.2. The smallest absolute Gasteiger partial charge is 0.0895 e. The lowest BCUT2D eigenvalue weighted by molar-refractivity contribution is 0.0941. The molecule has 0 aliphatic heterocycles. The number of hydrogen-bond acceptors (Lipinski definition) is 4. The van der Waals surface area contributed by atoms with Crippen molar-refractivity contribution in [2.75, 3.05) is 13.2 Å². The summed E-state index contributed by atoms with van der Waals surface area (Å²) in [5, 5.41) is 24.7. The Morgan fingerprint density at radius 1 is 1.69 bits per heavy atom. The molecule has 0 amide bonds. The molecule has 0 aliphatic rings. The van der Waals surface area contributed by atoms with E-state index in [4.69, 9.17) is 10.2 Å². The first-order valence-electron chi connectivity index (χ1n) is 4.20. The third-order valence-corrected chi connectivity index (χ3v) is 1.67. The second-order valence-corrected chi connectivity index (χ2v) is 2.95. The van der Waals surface area contributed by atoms with Gasteiger partial charge >= 0.3 is 0 Å². The van der Waals surface area contributed by atoms with Gasteiger partial charge in [0, 0.05) is 26.3 Å². The second kappa shape index (κ2) is 4.96. The molecule has 0 fully saturated rings. The van der Waals surface area contributed by atoms with E-state index in [2.05, 4.69) is 10.4 Å². The molecule has 1 rings (SSSR count). The molecule has 0 radical (unpaired) electrons. The lowest BCUT2D eigenvalue weighted by Gasteiger charge is -2.06. The number of nitrogens with one attached hydrogen (secondary N) is 1. The minimum Gasteiger partial charge on any atom is -0.394 e. The molecule has 1 aromatic rings. The van der Waals surface area contributed by atoms with Crippen molar-refractivity contribution in [2.45, 2.75) is 12.6 Å². The van der Waals surface area contributed by atoms with Crippen molar-refractivity contribution in [3.8, 4) is 0 Å². The van der Waals surface area contributed by atoms with Gasteiger partial charge in [-0.15, -0.1) is 0 Å². The Morgan fingerprint density at radius 3 is 3.00 bits per heavy atom. The molecule has 5 heteroatoms. The number of nitrogens with zero attached hydrogens (tertiary/aromatic N) is 2. The van der Waals surface area contributed by atoms with E-state index in [1.807, 2.05) is 19.3 Å². The summed E-state index contributed by atoms with van der Waals surface area (Å²) in [5.74, 6) is 0. The third kappa shape index (κ3) is 3.54. The standard InChI is InChI=1S/C8H15N3O2/c1-11-3-2-7(10-11)4-9-5-8(13)6-12/h2-3,8-9,12-13H,4-6H2,1H3. The van der Waals surface area contributed by atoms with Crippen LogP contribution in [0, 0.1) is 0 Å². The first-order chi connectivity index (χ1) is 6.22. The van der Waals surface area contributed by atoms with Crippen LogP contribution in [0.25, 0.3) is 0 Å². The summed E-state index contributed by atoms with van der Waals surface area (Å²) in [4.78, 5) is 0. The van der Waals surface area contributed by atoms with Crippen molar-refractivity contribution in [1.29, 1.82) is 0 Å². The van der Waals surface area contributed by atoms with Crippen molar-refractivity contribution in [3.63, 3.8) is 0 Å². The van der Waals surface area contributed by atoms with Crippen molar-refractivity contribution in [1.82, 2.24) is 15.1 Å². The molecule has 5 nitrogen and oxygen atoms in total. The summed E-state index contributed by atoms with van der Waals surface area (Å²) < 4.78 is 1.72. The fourth-order valence-electron chi connectivity index (χ4n) is 0.989. The first-order valence-corrected chi connectivity index (χ1v) is 4.20. The van der Waals surface area contributed by atoms with Crippen LogP contribution in [0.3, 0.4) is 0 Å². The minimum absolute atomic E-state index is 0.213. The highest BCUT2D eigenvalue weighted by molar-refractivity contribution is 4.97. The predicted molar refractivity (Wildman–Crippen MR) is 48.0 cm³/mol. The molecule has 74 valence electrons. The Bertz CT molecular complexity index is 249. The molecule has 0 bridgehead atoms. The maximum absolute atomic E-state index is 9.00. The Kier molecular flexibility index (Phi) is 3.88. The van der Waals surface area contributed by atoms with E-state index in [1.165, 1.54) is 0 Å². The Balaban J connectivity index is 2.20. The summed E-state index contributed by atoms with van der Waals surface area (Å²) in [5.41, 5.74) is 0.924. The van der Waals surface area contributed by atoms with Crippen molar-refractivity contribution in [3.05, 3.63) is 18.0 Å². The number of rotatable bonds is 5. The van der Waals surface area contributed by atoms with Crippen LogP contribution in [0.15, 0.2) is 12.3 Å². The van der Waals surface area contributed by atoms with Gasteiger partial charge in [-0.1, -0.05) is 0 Å². The molecule has 0 saturated heterocycles. The summed E-state index contributed by atoms with van der Waals surface area (Å²) >= 11 is 0. The predicted octanol–water partition coefficient (Wildman–Crippen LogP) is -1.14. The van der Waals surface area contributed by atoms with E-state index in [0.717, 1.165) is 5.69 Å². The van der Waals surface area contributed by atoms with Gasteiger partial charge in [0.25, 0.3) is 0 Å². The SMILES string of the molecule is Cn1ccc(CNCC(O)CO)n1. The molecule has 1 unspecified atom stereocenters. The van der Waals surface area contributed by atoms with Crippen molar-refractivity contribution in [2.24, 2.45) is 7.05 Å². The summed E-state index contributed by atoms with van der Waals surface area (Å²) in [6, 6.07) is 1.90. The second-order valence-electron chi connectivity index (χ2n) is 2.95. The molecule has 0 spiro atoms. The maximum atomic E-state index is 9.00. The monoisotopic (exact) mass is 185 g/mol. The van der Waals surface area contributed by atoms with E-state index in [1.54, 1.807) is 4.68 Å². The Hall–Kier alpha value is -0.910. The zero-order valence-corrected chi connectivity index (χ0v) is 7.64. The van der Waals surface area contributed by atoms with Crippen LogP contribution >= 0.6 is 0 Å². The summed E-state index contributed by atoms with van der Waals surface area (Å²) in [7, 11) is 1.85. The Morgan fingerprint density at radius 2 is 2.46 bits per heavy atom. The quantitative estimate of drug-likeness (QED) is 0.542. The van der Waals surface area contributed by atoms with E-state index >= 15 is 0 Å². The molecule has 3 N–H and O–H groups in total. The van der Waals surface area contributed by atoms with Gasteiger partial charge in [-0.2, -0.15) is 5.10 Å². The maximum Gasteiger partial charge on any atom is 0.0895 e. The van der Waals surface area contributed by atoms with Crippen molar-refractivity contribution < 1.29 is 10.2 Å². The van der Waals surface area contributed by atoms with Gasteiger partial charge in [-0.05, 0) is 6.07 Å². The molecule has 0 saturated carbocycles. The highest BCUT2D eigenvalue weighted by Gasteiger charge is 2.01. The molecule has 0 aromatic carbocycles. The number of aryl methyl sites for hydroxylation is 1. The zero-order valence-electron chi connectivity index (χ0n) is 7.64. The lowest BCUT2D eigenvalue weighted by Crippen LogP contribution is -2.29. The third-order valence-electron chi connectivity index (χ3n) is 1.67. The highest BCUT2D eigenvalue weighted by atomic mass is 16.3. The number of aliphatic hydroxyl groups excluding tert-OH is 2. The number of aliphatic hydroxyl groups is 2. The molecule has 1 aromatic heterocycles. The van der Waals surface area contributed by atoms with Crippen LogP contribution in [-0.4, -0.2) is 39.2 Å². The van der Waals surface area contributed by atoms with Crippen LogP contribution < -0.4 is 5.32 Å². The topological polar surface area (TPSA) is 70.3 Å². The summed E-state index contributed by atoms with van der Waals surface area (Å²) in [6.07, 6.45) is 1.17. The highest BCUT2D eigenvalue weighted by Crippen LogP contribution is 1.92. The van der Waals surface area contributed by atoms with Crippen LogP contribution in [0.4, 0.5) is 0 Å². The average Bonchev–Trinajstić information content (AvgIpc) is 2.51. The number of hydrogen-bond donors (Lipinski definition) is 3. The van der Waals surface area contributed by atoms with E-state index in [-0.39, 0.29) is 6.61 Å². The van der Waals surface area contributed by atoms with Crippen LogP contribution in [-0.2, 0) is 13.6 Å². The minimum atomic E-state index is -0.691. The van der Waals surface area contributed by atoms with Gasteiger partial charge in [0.2, 0.25) is 0 Å².